The minimum atomic E-state index is 0.404. The molecule has 1 aromatic carbocycles. The number of ether oxygens (including phenoxy) is 1. The number of nitrogens with zero attached hydrogens (tertiary/aromatic N) is 1. The number of anilines is 1. The highest BCUT2D eigenvalue weighted by molar-refractivity contribution is 5.47. The molecule has 0 aliphatic heterocycles. The van der Waals surface area contributed by atoms with Crippen molar-refractivity contribution < 1.29 is 4.74 Å². The highest BCUT2D eigenvalue weighted by atomic mass is 16.5. The van der Waals surface area contributed by atoms with Crippen LogP contribution in [-0.2, 0) is 4.74 Å². The van der Waals surface area contributed by atoms with Crippen LogP contribution in [0.25, 0.3) is 0 Å². The van der Waals surface area contributed by atoms with E-state index in [2.05, 4.69) is 48.5 Å². The summed E-state index contributed by atoms with van der Waals surface area (Å²) in [6.45, 7) is 4.90. The molecular formula is C16H26N2O. The second-order valence-corrected chi connectivity index (χ2v) is 5.54. The summed E-state index contributed by atoms with van der Waals surface area (Å²) in [6, 6.07) is 9.16. The van der Waals surface area contributed by atoms with Gasteiger partial charge in [-0.05, 0) is 50.4 Å². The van der Waals surface area contributed by atoms with E-state index in [0.29, 0.717) is 6.04 Å². The first kappa shape index (κ1) is 14.4. The van der Waals surface area contributed by atoms with Gasteiger partial charge >= 0.3 is 0 Å². The maximum absolute atomic E-state index is 5.68. The molecular weight excluding hydrogens is 236 g/mol. The molecule has 2 rings (SSSR count). The lowest BCUT2D eigenvalue weighted by atomic mass is 10.1. The van der Waals surface area contributed by atoms with Gasteiger partial charge in [0.2, 0.25) is 0 Å². The monoisotopic (exact) mass is 262 g/mol. The van der Waals surface area contributed by atoms with Crippen LogP contribution >= 0.6 is 0 Å². The van der Waals surface area contributed by atoms with Crippen LogP contribution in [-0.4, -0.2) is 33.9 Å². The third-order valence-electron chi connectivity index (χ3n) is 3.89. The maximum atomic E-state index is 5.68. The Morgan fingerprint density at radius 3 is 2.58 bits per heavy atom. The maximum Gasteiger partial charge on any atom is 0.0641 e. The Hall–Kier alpha value is -1.06. The van der Waals surface area contributed by atoms with Crippen LogP contribution in [0, 0.1) is 5.92 Å². The second kappa shape index (κ2) is 6.92. The zero-order valence-corrected chi connectivity index (χ0v) is 12.4. The quantitative estimate of drug-likeness (QED) is 0.729. The van der Waals surface area contributed by atoms with E-state index in [9.17, 15) is 0 Å². The van der Waals surface area contributed by atoms with Crippen LogP contribution < -0.4 is 10.2 Å². The van der Waals surface area contributed by atoms with Gasteiger partial charge in [0.25, 0.3) is 0 Å². The standard InChI is InChI=1S/C16H26N2O/c1-13(17-2)15-6-8-16(9-7-15)18(3)10-11-19-12-14-4-5-14/h6-9,13-14,17H,4-5,10-12H2,1-3H3. The molecule has 3 heteroatoms. The average Bonchev–Trinajstić information content (AvgIpc) is 3.27. The zero-order valence-electron chi connectivity index (χ0n) is 12.4. The zero-order chi connectivity index (χ0) is 13.7. The van der Waals surface area contributed by atoms with E-state index in [-0.39, 0.29) is 0 Å². The van der Waals surface area contributed by atoms with Crippen LogP contribution in [0.4, 0.5) is 5.69 Å². The van der Waals surface area contributed by atoms with E-state index < -0.39 is 0 Å². The summed E-state index contributed by atoms with van der Waals surface area (Å²) >= 11 is 0. The van der Waals surface area contributed by atoms with Gasteiger partial charge in [0.1, 0.15) is 0 Å². The largest absolute Gasteiger partial charge is 0.379 e. The average molecular weight is 262 g/mol. The van der Waals surface area contributed by atoms with Crippen molar-refractivity contribution in [1.29, 1.82) is 0 Å². The fourth-order valence-electron chi connectivity index (χ4n) is 2.05. The van der Waals surface area contributed by atoms with Crippen molar-refractivity contribution in [1.82, 2.24) is 5.32 Å². The third kappa shape index (κ3) is 4.51. The van der Waals surface area contributed by atoms with Crippen molar-refractivity contribution in [3.63, 3.8) is 0 Å². The SMILES string of the molecule is CNC(C)c1ccc(N(C)CCOCC2CC2)cc1. The van der Waals surface area contributed by atoms with Gasteiger partial charge in [-0.25, -0.2) is 0 Å². The van der Waals surface area contributed by atoms with Gasteiger partial charge in [0.05, 0.1) is 6.61 Å². The molecule has 0 aromatic heterocycles. The number of hydrogen-bond acceptors (Lipinski definition) is 3. The Bertz CT molecular complexity index is 373. The normalized spacial score (nSPS) is 16.4. The van der Waals surface area contributed by atoms with Crippen LogP contribution in [0.5, 0.6) is 0 Å². The van der Waals surface area contributed by atoms with Crippen molar-refractivity contribution >= 4 is 5.69 Å². The molecule has 19 heavy (non-hydrogen) atoms. The highest BCUT2D eigenvalue weighted by Crippen LogP contribution is 2.28. The van der Waals surface area contributed by atoms with Crippen molar-refractivity contribution in [2.75, 3.05) is 38.8 Å². The lowest BCUT2D eigenvalue weighted by Crippen LogP contribution is -2.23. The summed E-state index contributed by atoms with van der Waals surface area (Å²) in [7, 11) is 4.11. The molecule has 0 radical (unpaired) electrons. The Morgan fingerprint density at radius 1 is 1.32 bits per heavy atom. The van der Waals surface area contributed by atoms with E-state index in [0.717, 1.165) is 25.7 Å². The third-order valence-corrected chi connectivity index (χ3v) is 3.89. The predicted molar refractivity (Wildman–Crippen MR) is 80.7 cm³/mol. The van der Waals surface area contributed by atoms with Gasteiger partial charge in [0.15, 0.2) is 0 Å². The van der Waals surface area contributed by atoms with Gasteiger partial charge in [0, 0.05) is 31.9 Å². The minimum absolute atomic E-state index is 0.404. The number of likely N-dealkylation sites (N-methyl/N-ethyl adjacent to an activating group) is 1. The van der Waals surface area contributed by atoms with Gasteiger partial charge in [-0.3, -0.25) is 0 Å². The first-order chi connectivity index (χ1) is 9.20. The molecule has 106 valence electrons. The molecule has 1 N–H and O–H groups in total. The first-order valence-corrected chi connectivity index (χ1v) is 7.27. The van der Waals surface area contributed by atoms with Gasteiger partial charge in [-0.2, -0.15) is 0 Å². The molecule has 0 spiro atoms. The number of benzene rings is 1. The van der Waals surface area contributed by atoms with Crippen molar-refractivity contribution in [3.05, 3.63) is 29.8 Å². The van der Waals surface area contributed by atoms with E-state index >= 15 is 0 Å². The molecule has 3 nitrogen and oxygen atoms in total. The second-order valence-electron chi connectivity index (χ2n) is 5.54. The van der Waals surface area contributed by atoms with Crippen LogP contribution in [0.2, 0.25) is 0 Å². The molecule has 1 atom stereocenters. The molecule has 1 aromatic rings. The molecule has 1 unspecified atom stereocenters. The predicted octanol–water partition coefficient (Wildman–Crippen LogP) is 2.83. The minimum Gasteiger partial charge on any atom is -0.379 e. The van der Waals surface area contributed by atoms with E-state index in [1.54, 1.807) is 0 Å². The van der Waals surface area contributed by atoms with Crippen molar-refractivity contribution in [3.8, 4) is 0 Å². The Morgan fingerprint density at radius 2 is 2.00 bits per heavy atom. The van der Waals surface area contributed by atoms with E-state index in [4.69, 9.17) is 4.74 Å². The summed E-state index contributed by atoms with van der Waals surface area (Å²) < 4.78 is 5.68. The Balaban J connectivity index is 1.75. The smallest absolute Gasteiger partial charge is 0.0641 e. The van der Waals surface area contributed by atoms with E-state index in [1.165, 1.54) is 24.1 Å². The van der Waals surface area contributed by atoms with Crippen LogP contribution in [0.15, 0.2) is 24.3 Å². The number of hydrogen-bond donors (Lipinski definition) is 1. The first-order valence-electron chi connectivity index (χ1n) is 7.27. The van der Waals surface area contributed by atoms with Crippen LogP contribution in [0.3, 0.4) is 0 Å². The Labute approximate surface area is 116 Å². The molecule has 0 heterocycles. The summed E-state index contributed by atoms with van der Waals surface area (Å²) in [4.78, 5) is 2.25. The molecule has 1 aliphatic carbocycles. The summed E-state index contributed by atoms with van der Waals surface area (Å²) in [5.41, 5.74) is 2.58. The number of rotatable bonds is 8. The van der Waals surface area contributed by atoms with Gasteiger partial charge in [-0.1, -0.05) is 12.1 Å². The molecule has 1 saturated carbocycles. The molecule has 1 fully saturated rings. The Kier molecular flexibility index (Phi) is 5.23. The van der Waals surface area contributed by atoms with Crippen molar-refractivity contribution in [2.45, 2.75) is 25.8 Å². The fraction of sp³-hybridized carbons (Fsp3) is 0.625. The number of nitrogens with one attached hydrogen (secondary N) is 1. The summed E-state index contributed by atoms with van der Waals surface area (Å²) in [5.74, 6) is 0.854. The molecule has 0 amide bonds. The summed E-state index contributed by atoms with van der Waals surface area (Å²) in [6.07, 6.45) is 2.72. The fourth-order valence-corrected chi connectivity index (χ4v) is 2.05. The van der Waals surface area contributed by atoms with Crippen molar-refractivity contribution in [2.24, 2.45) is 5.92 Å². The lowest BCUT2D eigenvalue weighted by molar-refractivity contribution is 0.131. The lowest BCUT2D eigenvalue weighted by Gasteiger charge is -2.20. The van der Waals surface area contributed by atoms with Gasteiger partial charge in [-0.15, -0.1) is 0 Å². The van der Waals surface area contributed by atoms with Crippen LogP contribution in [0.1, 0.15) is 31.4 Å². The summed E-state index contributed by atoms with van der Waals surface area (Å²) in [5, 5.41) is 3.25. The highest BCUT2D eigenvalue weighted by Gasteiger charge is 2.20. The molecule has 0 bridgehead atoms. The van der Waals surface area contributed by atoms with E-state index in [1.807, 2.05) is 7.05 Å². The molecule has 0 saturated heterocycles. The topological polar surface area (TPSA) is 24.5 Å². The molecule has 1 aliphatic rings. The van der Waals surface area contributed by atoms with Gasteiger partial charge < -0.3 is 15.0 Å².